The summed E-state index contributed by atoms with van der Waals surface area (Å²) in [5, 5.41) is 0. The number of hydrogen-bond acceptors (Lipinski definition) is 4. The van der Waals surface area contributed by atoms with Gasteiger partial charge in [-0.05, 0) is 17.7 Å². The molecule has 0 bridgehead atoms. The minimum Gasteiger partial charge on any atom is -0.370 e. The zero-order valence-corrected chi connectivity index (χ0v) is 16.2. The van der Waals surface area contributed by atoms with Gasteiger partial charge in [0, 0.05) is 57.3 Å². The van der Waals surface area contributed by atoms with Crippen molar-refractivity contribution in [2.24, 2.45) is 10.7 Å². The van der Waals surface area contributed by atoms with Crippen LogP contribution in [-0.2, 0) is 13.1 Å². The molecule has 3 rings (SSSR count). The third kappa shape index (κ3) is 5.62. The van der Waals surface area contributed by atoms with Crippen molar-refractivity contribution in [2.45, 2.75) is 20.0 Å². The first-order chi connectivity index (χ1) is 12.2. The van der Waals surface area contributed by atoms with Crippen LogP contribution in [0.15, 0.2) is 29.3 Å². The van der Waals surface area contributed by atoms with E-state index in [4.69, 9.17) is 5.73 Å². The first kappa shape index (κ1) is 18.5. The highest BCUT2D eigenvalue weighted by Crippen LogP contribution is 2.12. The topological polar surface area (TPSA) is 48.1 Å². The summed E-state index contributed by atoms with van der Waals surface area (Å²) in [7, 11) is 0. The Morgan fingerprint density at radius 1 is 0.960 bits per heavy atom. The molecular formula is C19H31N5S. The maximum atomic E-state index is 6.13. The van der Waals surface area contributed by atoms with Crippen LogP contribution in [0, 0.1) is 0 Å². The number of benzene rings is 1. The molecule has 2 heterocycles. The summed E-state index contributed by atoms with van der Waals surface area (Å²) in [5.74, 6) is 2.99. The number of nitrogens with two attached hydrogens (primary N) is 1. The van der Waals surface area contributed by atoms with Gasteiger partial charge in [-0.25, -0.2) is 4.99 Å². The van der Waals surface area contributed by atoms with Crippen molar-refractivity contribution in [2.75, 3.05) is 57.3 Å². The lowest BCUT2D eigenvalue weighted by molar-refractivity contribution is 0.132. The van der Waals surface area contributed by atoms with Crippen molar-refractivity contribution in [1.82, 2.24) is 14.7 Å². The quantitative estimate of drug-likeness (QED) is 0.639. The lowest BCUT2D eigenvalue weighted by atomic mass is 10.1. The molecule has 2 fully saturated rings. The fourth-order valence-corrected chi connectivity index (χ4v) is 4.24. The lowest BCUT2D eigenvalue weighted by Crippen LogP contribution is -2.45. The van der Waals surface area contributed by atoms with Gasteiger partial charge in [0.25, 0.3) is 0 Å². The first-order valence-electron chi connectivity index (χ1n) is 9.39. The van der Waals surface area contributed by atoms with E-state index >= 15 is 0 Å². The van der Waals surface area contributed by atoms with E-state index in [1.807, 2.05) is 11.8 Å². The van der Waals surface area contributed by atoms with E-state index in [-0.39, 0.29) is 0 Å². The number of piperazine rings is 1. The van der Waals surface area contributed by atoms with Crippen molar-refractivity contribution >= 4 is 17.7 Å². The van der Waals surface area contributed by atoms with Gasteiger partial charge in [-0.15, -0.1) is 0 Å². The Labute approximate surface area is 156 Å². The fraction of sp³-hybridized carbons (Fsp3) is 0.632. The minimum absolute atomic E-state index is 0.672. The van der Waals surface area contributed by atoms with E-state index in [2.05, 4.69) is 50.9 Å². The zero-order chi connectivity index (χ0) is 17.5. The second-order valence-electron chi connectivity index (χ2n) is 6.80. The Balaban J connectivity index is 1.47. The zero-order valence-electron chi connectivity index (χ0n) is 15.4. The predicted octanol–water partition coefficient (Wildman–Crippen LogP) is 1.69. The molecule has 2 N–H and O–H groups in total. The highest BCUT2D eigenvalue weighted by molar-refractivity contribution is 7.99. The molecule has 0 spiro atoms. The predicted molar refractivity (Wildman–Crippen MR) is 108 cm³/mol. The minimum atomic E-state index is 0.672. The van der Waals surface area contributed by atoms with Crippen molar-refractivity contribution in [1.29, 1.82) is 0 Å². The molecule has 0 radical (unpaired) electrons. The summed E-state index contributed by atoms with van der Waals surface area (Å²) in [6.45, 7) is 11.9. The Kier molecular flexibility index (Phi) is 7.02. The van der Waals surface area contributed by atoms with Crippen LogP contribution < -0.4 is 5.73 Å². The van der Waals surface area contributed by atoms with E-state index in [9.17, 15) is 0 Å². The second kappa shape index (κ2) is 9.46. The molecule has 0 aliphatic carbocycles. The van der Waals surface area contributed by atoms with Crippen LogP contribution in [0.1, 0.15) is 18.1 Å². The third-order valence-corrected chi connectivity index (χ3v) is 6.04. The smallest absolute Gasteiger partial charge is 0.191 e. The summed E-state index contributed by atoms with van der Waals surface area (Å²) < 4.78 is 0. The molecule has 0 saturated carbocycles. The van der Waals surface area contributed by atoms with Crippen LogP contribution in [0.2, 0.25) is 0 Å². The Hall–Kier alpha value is -1.24. The molecular weight excluding hydrogens is 330 g/mol. The molecule has 2 aliphatic rings. The Morgan fingerprint density at radius 2 is 1.56 bits per heavy atom. The van der Waals surface area contributed by atoms with Gasteiger partial charge in [-0.1, -0.05) is 31.2 Å². The standard InChI is InChI=1S/C19H31N5S/c1-2-22-7-9-23(10-8-22)16-18-5-3-17(4-6-18)15-21-19(20)24-11-13-25-14-12-24/h3-6H,2,7-16H2,1H3,(H2,20,21). The molecule has 0 unspecified atom stereocenters. The number of guanidine groups is 1. The molecule has 2 aliphatic heterocycles. The van der Waals surface area contributed by atoms with Crippen molar-refractivity contribution < 1.29 is 0 Å². The van der Waals surface area contributed by atoms with E-state index < -0.39 is 0 Å². The van der Waals surface area contributed by atoms with Crippen molar-refractivity contribution in [3.05, 3.63) is 35.4 Å². The van der Waals surface area contributed by atoms with Gasteiger partial charge in [0.15, 0.2) is 5.96 Å². The number of likely N-dealkylation sites (N-methyl/N-ethyl adjacent to an activating group) is 1. The lowest BCUT2D eigenvalue weighted by Gasteiger charge is -2.34. The van der Waals surface area contributed by atoms with Crippen molar-refractivity contribution in [3.63, 3.8) is 0 Å². The maximum Gasteiger partial charge on any atom is 0.191 e. The highest BCUT2D eigenvalue weighted by Gasteiger charge is 2.15. The SMILES string of the molecule is CCN1CCN(Cc2ccc(CN=C(N)N3CCSCC3)cc2)CC1. The van der Waals surface area contributed by atoms with Crippen LogP contribution in [-0.4, -0.2) is 78.0 Å². The van der Waals surface area contributed by atoms with Gasteiger partial charge < -0.3 is 15.5 Å². The Bertz CT molecular complexity index is 545. The molecule has 25 heavy (non-hydrogen) atoms. The largest absolute Gasteiger partial charge is 0.370 e. The normalized spacial score (nSPS) is 20.8. The van der Waals surface area contributed by atoms with Gasteiger partial charge in [0.2, 0.25) is 0 Å². The summed E-state index contributed by atoms with van der Waals surface area (Å²) in [4.78, 5) is 11.8. The van der Waals surface area contributed by atoms with Gasteiger partial charge in [-0.3, -0.25) is 4.90 Å². The monoisotopic (exact) mass is 361 g/mol. The molecule has 1 aromatic carbocycles. The summed E-state index contributed by atoms with van der Waals surface area (Å²) >= 11 is 1.99. The van der Waals surface area contributed by atoms with Crippen LogP contribution >= 0.6 is 11.8 Å². The number of rotatable bonds is 5. The van der Waals surface area contributed by atoms with E-state index in [0.717, 1.165) is 31.1 Å². The van der Waals surface area contributed by atoms with Gasteiger partial charge in [0.05, 0.1) is 6.54 Å². The number of hydrogen-bond donors (Lipinski definition) is 1. The molecule has 2 saturated heterocycles. The van der Waals surface area contributed by atoms with Crippen molar-refractivity contribution in [3.8, 4) is 0 Å². The number of nitrogens with zero attached hydrogens (tertiary/aromatic N) is 4. The first-order valence-corrected chi connectivity index (χ1v) is 10.5. The fourth-order valence-electron chi connectivity index (χ4n) is 3.34. The van der Waals surface area contributed by atoms with E-state index in [0.29, 0.717) is 12.5 Å². The van der Waals surface area contributed by atoms with E-state index in [1.165, 1.54) is 43.9 Å². The molecule has 0 atom stereocenters. The molecule has 5 nitrogen and oxygen atoms in total. The molecule has 138 valence electrons. The Morgan fingerprint density at radius 3 is 2.20 bits per heavy atom. The molecule has 0 aromatic heterocycles. The van der Waals surface area contributed by atoms with Crippen LogP contribution in [0.25, 0.3) is 0 Å². The highest BCUT2D eigenvalue weighted by atomic mass is 32.2. The van der Waals surface area contributed by atoms with E-state index in [1.54, 1.807) is 0 Å². The molecule has 1 aromatic rings. The maximum absolute atomic E-state index is 6.13. The van der Waals surface area contributed by atoms with Gasteiger partial charge in [0.1, 0.15) is 0 Å². The second-order valence-corrected chi connectivity index (χ2v) is 8.03. The van der Waals surface area contributed by atoms with Gasteiger partial charge >= 0.3 is 0 Å². The van der Waals surface area contributed by atoms with Gasteiger partial charge in [-0.2, -0.15) is 11.8 Å². The average Bonchev–Trinajstić information content (AvgIpc) is 2.68. The number of aliphatic imine (C=N–C) groups is 1. The van der Waals surface area contributed by atoms with Crippen LogP contribution in [0.5, 0.6) is 0 Å². The van der Waals surface area contributed by atoms with Crippen LogP contribution in [0.4, 0.5) is 0 Å². The summed E-state index contributed by atoms with van der Waals surface area (Å²) in [6, 6.07) is 8.87. The summed E-state index contributed by atoms with van der Waals surface area (Å²) in [6.07, 6.45) is 0. The number of thioether (sulfide) groups is 1. The average molecular weight is 362 g/mol. The third-order valence-electron chi connectivity index (χ3n) is 5.10. The van der Waals surface area contributed by atoms with Crippen LogP contribution in [0.3, 0.4) is 0 Å². The molecule has 6 heteroatoms. The summed E-state index contributed by atoms with van der Waals surface area (Å²) in [5.41, 5.74) is 8.75. The molecule has 0 amide bonds.